The summed E-state index contributed by atoms with van der Waals surface area (Å²) in [6, 6.07) is 11.8. The monoisotopic (exact) mass is 471 g/mol. The maximum absolute atomic E-state index is 14.9. The van der Waals surface area contributed by atoms with Gasteiger partial charge in [-0.25, -0.2) is 27.5 Å². The molecular formula is C23H19F2N3O4S. The minimum atomic E-state index is -3.17. The van der Waals surface area contributed by atoms with Crippen LogP contribution in [0.15, 0.2) is 63.9 Å². The molecule has 0 spiro atoms. The second-order valence-corrected chi connectivity index (χ2v) is 9.34. The normalized spacial score (nSPS) is 13.0. The van der Waals surface area contributed by atoms with Crippen LogP contribution in [0.2, 0.25) is 0 Å². The van der Waals surface area contributed by atoms with Crippen LogP contribution in [0.4, 0.5) is 14.5 Å². The van der Waals surface area contributed by atoms with Gasteiger partial charge in [-0.3, -0.25) is 4.72 Å². The summed E-state index contributed by atoms with van der Waals surface area (Å²) < 4.78 is 61.1. The first-order valence-electron chi connectivity index (χ1n) is 9.76. The molecule has 2 aromatic heterocycles. The maximum atomic E-state index is 14.9. The molecule has 0 aliphatic rings. The van der Waals surface area contributed by atoms with Crippen LogP contribution in [0.1, 0.15) is 16.7 Å². The molecule has 2 heterocycles. The SMILES string of the molecule is Cc1c(Cc2cccc(NS(C)(=N)=O)c2F)c(=O)oc2cc(Oc3ncccc3F)ccc12. The summed E-state index contributed by atoms with van der Waals surface area (Å²) in [4.78, 5) is 16.5. The highest BCUT2D eigenvalue weighted by Crippen LogP contribution is 2.29. The zero-order valence-corrected chi connectivity index (χ0v) is 18.5. The van der Waals surface area contributed by atoms with E-state index in [1.54, 1.807) is 25.1 Å². The van der Waals surface area contributed by atoms with E-state index in [0.717, 1.165) is 6.26 Å². The average molecular weight is 471 g/mol. The first-order chi connectivity index (χ1) is 15.6. The first kappa shape index (κ1) is 22.4. The molecule has 0 radical (unpaired) electrons. The Balaban J connectivity index is 1.70. The zero-order chi connectivity index (χ0) is 23.8. The van der Waals surface area contributed by atoms with E-state index in [1.807, 2.05) is 0 Å². The number of fused-ring (bicyclic) bond motifs is 1. The number of aromatic nitrogens is 1. The topological polar surface area (TPSA) is 105 Å². The number of halogens is 2. The van der Waals surface area contributed by atoms with E-state index in [9.17, 15) is 17.8 Å². The molecule has 0 aliphatic carbocycles. The van der Waals surface area contributed by atoms with Gasteiger partial charge in [0.25, 0.3) is 5.88 Å². The van der Waals surface area contributed by atoms with Crippen molar-refractivity contribution in [2.75, 3.05) is 11.0 Å². The van der Waals surface area contributed by atoms with Gasteiger partial charge in [-0.05, 0) is 48.4 Å². The lowest BCUT2D eigenvalue weighted by atomic mass is 9.99. The lowest BCUT2D eigenvalue weighted by molar-refractivity contribution is 0.422. The third kappa shape index (κ3) is 4.85. The van der Waals surface area contributed by atoms with Crippen molar-refractivity contribution in [1.82, 2.24) is 4.98 Å². The smallest absolute Gasteiger partial charge is 0.340 e. The summed E-state index contributed by atoms with van der Waals surface area (Å²) in [5.74, 6) is -1.30. The van der Waals surface area contributed by atoms with Crippen molar-refractivity contribution in [1.29, 1.82) is 4.78 Å². The van der Waals surface area contributed by atoms with Gasteiger partial charge >= 0.3 is 5.63 Å². The summed E-state index contributed by atoms with van der Waals surface area (Å²) in [5.41, 5.74) is 0.524. The number of pyridine rings is 1. The number of hydrogen-bond donors (Lipinski definition) is 2. The van der Waals surface area contributed by atoms with Crippen molar-refractivity contribution in [3.05, 3.63) is 93.5 Å². The Labute approximate surface area is 188 Å². The fourth-order valence-electron chi connectivity index (χ4n) is 3.40. The number of ether oxygens (including phenoxy) is 1. The van der Waals surface area contributed by atoms with E-state index in [-0.39, 0.29) is 40.4 Å². The number of hydrogen-bond acceptors (Lipinski definition) is 6. The number of nitrogens with one attached hydrogen (secondary N) is 2. The fraction of sp³-hybridized carbons (Fsp3) is 0.130. The van der Waals surface area contributed by atoms with Gasteiger partial charge in [-0.15, -0.1) is 0 Å². The number of anilines is 1. The molecule has 0 saturated heterocycles. The molecular weight excluding hydrogens is 452 g/mol. The molecule has 0 saturated carbocycles. The van der Waals surface area contributed by atoms with Crippen LogP contribution in [0.5, 0.6) is 11.6 Å². The third-order valence-electron chi connectivity index (χ3n) is 4.95. The highest BCUT2D eigenvalue weighted by Gasteiger charge is 2.17. The quantitative estimate of drug-likeness (QED) is 0.378. The summed E-state index contributed by atoms with van der Waals surface area (Å²) in [7, 11) is -3.17. The van der Waals surface area contributed by atoms with Crippen LogP contribution < -0.4 is 15.1 Å². The predicted molar refractivity (Wildman–Crippen MR) is 121 cm³/mol. The van der Waals surface area contributed by atoms with Crippen molar-refractivity contribution < 1.29 is 22.1 Å². The number of benzene rings is 2. The number of nitrogens with zero attached hydrogens (tertiary/aromatic N) is 1. The van der Waals surface area contributed by atoms with E-state index in [2.05, 4.69) is 9.71 Å². The van der Waals surface area contributed by atoms with Crippen LogP contribution >= 0.6 is 0 Å². The van der Waals surface area contributed by atoms with Gasteiger partial charge in [0.2, 0.25) is 0 Å². The van der Waals surface area contributed by atoms with E-state index in [4.69, 9.17) is 13.9 Å². The lowest BCUT2D eigenvalue weighted by Gasteiger charge is -2.12. The molecule has 0 amide bonds. The molecule has 0 fully saturated rings. The molecule has 7 nitrogen and oxygen atoms in total. The Morgan fingerprint density at radius 3 is 2.70 bits per heavy atom. The highest BCUT2D eigenvalue weighted by atomic mass is 32.2. The standard InChI is InChI=1S/C23H19F2N3O4S/c1-13-16-9-8-15(31-22-18(24)6-4-10-27-22)12-20(16)32-23(29)17(13)11-14-5-3-7-19(21(14)25)28-33(2,26)30/h3-10,12H,11H2,1-2H3,(H2,26,28,30). The van der Waals surface area contributed by atoms with Crippen LogP contribution in [0.3, 0.4) is 0 Å². The molecule has 4 rings (SSSR count). The molecule has 4 aromatic rings. The van der Waals surface area contributed by atoms with Gasteiger partial charge < -0.3 is 9.15 Å². The fourth-order valence-corrected chi connectivity index (χ4v) is 3.97. The Hall–Kier alpha value is -3.79. The first-order valence-corrected chi connectivity index (χ1v) is 11.7. The molecule has 33 heavy (non-hydrogen) atoms. The Morgan fingerprint density at radius 2 is 1.97 bits per heavy atom. The van der Waals surface area contributed by atoms with Crippen LogP contribution in [-0.2, 0) is 16.3 Å². The van der Waals surface area contributed by atoms with Gasteiger partial charge in [-0.1, -0.05) is 12.1 Å². The summed E-state index contributed by atoms with van der Waals surface area (Å²) >= 11 is 0. The van der Waals surface area contributed by atoms with E-state index in [1.165, 1.54) is 36.5 Å². The molecule has 2 N–H and O–H groups in total. The summed E-state index contributed by atoms with van der Waals surface area (Å²) in [6.45, 7) is 1.72. The second-order valence-electron chi connectivity index (χ2n) is 7.44. The van der Waals surface area contributed by atoms with Gasteiger partial charge in [0.15, 0.2) is 11.6 Å². The van der Waals surface area contributed by atoms with E-state index < -0.39 is 27.2 Å². The molecule has 170 valence electrons. The van der Waals surface area contributed by atoms with Crippen molar-refractivity contribution in [2.24, 2.45) is 0 Å². The average Bonchev–Trinajstić information content (AvgIpc) is 2.74. The Kier molecular flexibility index (Phi) is 5.86. The van der Waals surface area contributed by atoms with Crippen molar-refractivity contribution in [3.63, 3.8) is 0 Å². The van der Waals surface area contributed by atoms with Crippen LogP contribution in [0, 0.1) is 23.3 Å². The molecule has 0 bridgehead atoms. The van der Waals surface area contributed by atoms with Gasteiger partial charge in [-0.2, -0.15) is 0 Å². The third-order valence-corrected chi connectivity index (χ3v) is 5.56. The molecule has 10 heteroatoms. The van der Waals surface area contributed by atoms with Crippen molar-refractivity contribution >= 4 is 26.6 Å². The van der Waals surface area contributed by atoms with Gasteiger partial charge in [0.05, 0.1) is 5.69 Å². The van der Waals surface area contributed by atoms with Gasteiger partial charge in [0, 0.05) is 35.9 Å². The minimum absolute atomic E-state index is 0.0637. The Morgan fingerprint density at radius 1 is 1.18 bits per heavy atom. The number of aryl methyl sites for hydroxylation is 1. The molecule has 2 aromatic carbocycles. The van der Waals surface area contributed by atoms with Crippen molar-refractivity contribution in [2.45, 2.75) is 13.3 Å². The highest BCUT2D eigenvalue weighted by molar-refractivity contribution is 7.93. The summed E-state index contributed by atoms with van der Waals surface area (Å²) in [6.07, 6.45) is 2.47. The summed E-state index contributed by atoms with van der Waals surface area (Å²) in [5, 5.41) is 0.607. The van der Waals surface area contributed by atoms with Crippen LogP contribution in [0.25, 0.3) is 11.0 Å². The minimum Gasteiger partial charge on any atom is -0.436 e. The molecule has 1 atom stereocenters. The lowest BCUT2D eigenvalue weighted by Crippen LogP contribution is -2.13. The predicted octanol–water partition coefficient (Wildman–Crippen LogP) is 5.16. The van der Waals surface area contributed by atoms with Crippen molar-refractivity contribution in [3.8, 4) is 11.6 Å². The van der Waals surface area contributed by atoms with Gasteiger partial charge in [0.1, 0.15) is 21.2 Å². The molecule has 0 aliphatic heterocycles. The molecule has 1 unspecified atom stereocenters. The van der Waals surface area contributed by atoms with E-state index in [0.29, 0.717) is 10.9 Å². The van der Waals surface area contributed by atoms with E-state index >= 15 is 0 Å². The largest absolute Gasteiger partial charge is 0.436 e. The Bertz CT molecular complexity index is 1540. The maximum Gasteiger partial charge on any atom is 0.340 e. The number of rotatable bonds is 6. The second kappa shape index (κ2) is 8.62. The van der Waals surface area contributed by atoms with Crippen LogP contribution in [-0.4, -0.2) is 15.4 Å². The zero-order valence-electron chi connectivity index (χ0n) is 17.6.